The van der Waals surface area contributed by atoms with Gasteiger partial charge in [-0.25, -0.2) is 15.0 Å². The molecule has 2 heterocycles. The summed E-state index contributed by atoms with van der Waals surface area (Å²) in [6, 6.07) is -0.108. The van der Waals surface area contributed by atoms with Crippen LogP contribution in [0.4, 0.5) is 5.82 Å². The van der Waals surface area contributed by atoms with Gasteiger partial charge in [0.1, 0.15) is 17.4 Å². The molecule has 2 aromatic heterocycles. The SMILES string of the molecule is CN(C(=O)CCCN)[C@H]1CC[C@@](O)(Cn2cnc3c(N)ncnc32)[C@H](O)C1. The molecule has 1 fully saturated rings. The number of rotatable bonds is 6. The van der Waals surface area contributed by atoms with E-state index >= 15 is 0 Å². The third-order valence-electron chi connectivity index (χ3n) is 5.44. The van der Waals surface area contributed by atoms with E-state index in [0.29, 0.717) is 49.8 Å². The molecule has 10 heteroatoms. The third kappa shape index (κ3) is 3.87. The van der Waals surface area contributed by atoms with Crippen LogP contribution < -0.4 is 11.5 Å². The Bertz CT molecular complexity index is 811. The minimum absolute atomic E-state index is 0.0101. The topological polar surface area (TPSA) is 156 Å². The molecule has 1 aliphatic rings. The second kappa shape index (κ2) is 7.75. The van der Waals surface area contributed by atoms with Gasteiger partial charge < -0.3 is 31.1 Å². The number of aromatic nitrogens is 4. The van der Waals surface area contributed by atoms with Crippen molar-refractivity contribution in [3.05, 3.63) is 12.7 Å². The van der Waals surface area contributed by atoms with Crippen LogP contribution in [0.2, 0.25) is 0 Å². The van der Waals surface area contributed by atoms with E-state index in [1.165, 1.54) is 12.7 Å². The summed E-state index contributed by atoms with van der Waals surface area (Å²) in [5.41, 5.74) is 10.9. The van der Waals surface area contributed by atoms with Crippen molar-refractivity contribution in [1.82, 2.24) is 24.4 Å². The van der Waals surface area contributed by atoms with E-state index in [4.69, 9.17) is 11.5 Å². The number of carbonyl (C=O) groups excluding carboxylic acids is 1. The number of amides is 1. The summed E-state index contributed by atoms with van der Waals surface area (Å²) < 4.78 is 1.67. The highest BCUT2D eigenvalue weighted by Gasteiger charge is 2.43. The van der Waals surface area contributed by atoms with Crippen molar-refractivity contribution in [1.29, 1.82) is 0 Å². The van der Waals surface area contributed by atoms with Crippen LogP contribution >= 0.6 is 0 Å². The van der Waals surface area contributed by atoms with Gasteiger partial charge in [0.05, 0.1) is 19.0 Å². The van der Waals surface area contributed by atoms with Crippen molar-refractivity contribution in [3.63, 3.8) is 0 Å². The lowest BCUT2D eigenvalue weighted by atomic mass is 9.79. The lowest BCUT2D eigenvalue weighted by Gasteiger charge is -2.43. The average molecular weight is 377 g/mol. The molecule has 27 heavy (non-hydrogen) atoms. The van der Waals surface area contributed by atoms with E-state index < -0.39 is 11.7 Å². The van der Waals surface area contributed by atoms with E-state index in [-0.39, 0.29) is 24.3 Å². The Morgan fingerprint density at radius 2 is 2.22 bits per heavy atom. The Morgan fingerprint density at radius 1 is 1.44 bits per heavy atom. The number of imidazole rings is 1. The molecule has 6 N–H and O–H groups in total. The number of hydrogen-bond donors (Lipinski definition) is 4. The maximum atomic E-state index is 12.2. The summed E-state index contributed by atoms with van der Waals surface area (Å²) in [7, 11) is 1.74. The second-order valence-electron chi connectivity index (χ2n) is 7.25. The number of nitrogen functional groups attached to an aromatic ring is 1. The van der Waals surface area contributed by atoms with Crippen LogP contribution in [-0.2, 0) is 11.3 Å². The summed E-state index contributed by atoms with van der Waals surface area (Å²) in [5.74, 6) is 0.281. The lowest BCUT2D eigenvalue weighted by Crippen LogP contribution is -2.54. The van der Waals surface area contributed by atoms with Gasteiger partial charge in [-0.2, -0.15) is 0 Å². The molecule has 2 aromatic rings. The Morgan fingerprint density at radius 3 is 2.93 bits per heavy atom. The van der Waals surface area contributed by atoms with Gasteiger partial charge in [0.25, 0.3) is 0 Å². The molecule has 0 spiro atoms. The van der Waals surface area contributed by atoms with Gasteiger partial charge in [-0.3, -0.25) is 4.79 Å². The second-order valence-corrected chi connectivity index (χ2v) is 7.25. The van der Waals surface area contributed by atoms with E-state index in [1.54, 1.807) is 16.5 Å². The fourth-order valence-corrected chi connectivity index (χ4v) is 3.66. The quantitative estimate of drug-likeness (QED) is 0.512. The van der Waals surface area contributed by atoms with Crippen molar-refractivity contribution in [2.45, 2.75) is 56.4 Å². The molecule has 0 unspecified atom stereocenters. The Labute approximate surface area is 157 Å². The van der Waals surface area contributed by atoms with Gasteiger partial charge in [-0.1, -0.05) is 0 Å². The predicted molar refractivity (Wildman–Crippen MR) is 99.4 cm³/mol. The van der Waals surface area contributed by atoms with Gasteiger partial charge in [-0.15, -0.1) is 0 Å². The van der Waals surface area contributed by atoms with E-state index in [0.717, 1.165) is 0 Å². The van der Waals surface area contributed by atoms with Crippen molar-refractivity contribution in [2.75, 3.05) is 19.3 Å². The summed E-state index contributed by atoms with van der Waals surface area (Å²) in [4.78, 5) is 26.1. The molecule has 1 saturated carbocycles. The highest BCUT2D eigenvalue weighted by molar-refractivity contribution is 5.81. The van der Waals surface area contributed by atoms with E-state index in [2.05, 4.69) is 15.0 Å². The maximum Gasteiger partial charge on any atom is 0.222 e. The van der Waals surface area contributed by atoms with Crippen LogP contribution in [0, 0.1) is 0 Å². The van der Waals surface area contributed by atoms with Crippen molar-refractivity contribution < 1.29 is 15.0 Å². The number of aliphatic hydroxyl groups is 2. The van der Waals surface area contributed by atoms with Gasteiger partial charge in [0, 0.05) is 19.5 Å². The van der Waals surface area contributed by atoms with Gasteiger partial charge in [-0.05, 0) is 32.2 Å². The van der Waals surface area contributed by atoms with Crippen LogP contribution in [0.25, 0.3) is 11.2 Å². The molecule has 1 aliphatic carbocycles. The van der Waals surface area contributed by atoms with Crippen molar-refractivity contribution in [2.24, 2.45) is 5.73 Å². The van der Waals surface area contributed by atoms with Crippen LogP contribution in [0.3, 0.4) is 0 Å². The van der Waals surface area contributed by atoms with Gasteiger partial charge in [0.2, 0.25) is 5.91 Å². The first-order valence-electron chi connectivity index (χ1n) is 9.13. The number of nitrogens with zero attached hydrogens (tertiary/aromatic N) is 5. The number of anilines is 1. The molecule has 0 aromatic carbocycles. The van der Waals surface area contributed by atoms with Gasteiger partial charge >= 0.3 is 0 Å². The molecule has 1 amide bonds. The van der Waals surface area contributed by atoms with Crippen LogP contribution in [0.1, 0.15) is 32.1 Å². The number of hydrogen-bond acceptors (Lipinski definition) is 8. The van der Waals surface area contributed by atoms with Crippen molar-refractivity contribution in [3.8, 4) is 0 Å². The summed E-state index contributed by atoms with van der Waals surface area (Å²) in [6.07, 6.45) is 4.20. The molecule has 148 valence electrons. The average Bonchev–Trinajstić information content (AvgIpc) is 3.05. The number of carbonyl (C=O) groups is 1. The summed E-state index contributed by atoms with van der Waals surface area (Å²) >= 11 is 0. The molecule has 0 aliphatic heterocycles. The normalized spacial score (nSPS) is 25.6. The van der Waals surface area contributed by atoms with Crippen LogP contribution in [0.15, 0.2) is 12.7 Å². The molecule has 0 bridgehead atoms. The first-order chi connectivity index (χ1) is 12.9. The fourth-order valence-electron chi connectivity index (χ4n) is 3.66. The standard InChI is InChI=1S/C17H27N7O3/c1-23(13(26)3-2-6-18)11-4-5-17(27,12(25)7-11)8-24-10-22-14-15(19)20-9-21-16(14)24/h9-12,25,27H,2-8,18H2,1H3,(H2,19,20,21)/t11-,12+,17+/m0/s1. The summed E-state index contributed by atoms with van der Waals surface area (Å²) in [5, 5.41) is 21.7. The smallest absolute Gasteiger partial charge is 0.222 e. The van der Waals surface area contributed by atoms with E-state index in [1.807, 2.05) is 0 Å². The largest absolute Gasteiger partial charge is 0.390 e. The predicted octanol–water partition coefficient (Wildman–Crippen LogP) is -0.750. The minimum Gasteiger partial charge on any atom is -0.390 e. The zero-order valence-electron chi connectivity index (χ0n) is 15.5. The first-order valence-corrected chi connectivity index (χ1v) is 9.13. The zero-order chi connectivity index (χ0) is 19.6. The fraction of sp³-hybridized carbons (Fsp3) is 0.647. The van der Waals surface area contributed by atoms with E-state index in [9.17, 15) is 15.0 Å². The Hall–Kier alpha value is -2.30. The monoisotopic (exact) mass is 377 g/mol. The Balaban J connectivity index is 1.69. The minimum atomic E-state index is -1.33. The van der Waals surface area contributed by atoms with Crippen LogP contribution in [-0.4, -0.2) is 71.9 Å². The molecular weight excluding hydrogens is 350 g/mol. The summed E-state index contributed by atoms with van der Waals surface area (Å²) in [6.45, 7) is 0.609. The number of nitrogens with two attached hydrogens (primary N) is 2. The molecule has 10 nitrogen and oxygen atoms in total. The van der Waals surface area contributed by atoms with Gasteiger partial charge in [0.15, 0.2) is 11.5 Å². The zero-order valence-corrected chi connectivity index (χ0v) is 15.5. The Kier molecular flexibility index (Phi) is 5.59. The molecular formula is C17H27N7O3. The number of aliphatic hydroxyl groups excluding tert-OH is 1. The van der Waals surface area contributed by atoms with Crippen LogP contribution in [0.5, 0.6) is 0 Å². The third-order valence-corrected chi connectivity index (χ3v) is 5.44. The lowest BCUT2D eigenvalue weighted by molar-refractivity contribution is -0.143. The molecule has 3 rings (SSSR count). The number of fused-ring (bicyclic) bond motifs is 1. The molecule has 0 saturated heterocycles. The molecule has 3 atom stereocenters. The highest BCUT2D eigenvalue weighted by Crippen LogP contribution is 2.33. The first kappa shape index (κ1) is 19.5. The highest BCUT2D eigenvalue weighted by atomic mass is 16.3. The maximum absolute atomic E-state index is 12.2. The molecule has 0 radical (unpaired) electrons. The van der Waals surface area contributed by atoms with Crippen molar-refractivity contribution >= 4 is 22.9 Å².